The molecule has 2 atom stereocenters. The molecule has 1 aliphatic rings. The van der Waals surface area contributed by atoms with Crippen LogP contribution in [-0.2, 0) is 16.1 Å². The number of hydrogen-bond donors (Lipinski definition) is 1. The van der Waals surface area contributed by atoms with Crippen molar-refractivity contribution in [2.24, 2.45) is 0 Å². The summed E-state index contributed by atoms with van der Waals surface area (Å²) < 4.78 is 9.89. The van der Waals surface area contributed by atoms with Gasteiger partial charge in [0, 0.05) is 31.7 Å². The number of methoxy groups -OCH3 is 1. The summed E-state index contributed by atoms with van der Waals surface area (Å²) in [7, 11) is 1.35. The van der Waals surface area contributed by atoms with Gasteiger partial charge >= 0.3 is 5.97 Å². The molecule has 0 radical (unpaired) electrons. The van der Waals surface area contributed by atoms with E-state index in [1.165, 1.54) is 12.7 Å². The van der Waals surface area contributed by atoms with Crippen LogP contribution in [0, 0.1) is 0 Å². The van der Waals surface area contributed by atoms with Crippen LogP contribution in [0.4, 0.5) is 0 Å². The molecule has 0 spiro atoms. The number of esters is 1. The van der Waals surface area contributed by atoms with E-state index in [0.29, 0.717) is 17.8 Å². The minimum Gasteiger partial charge on any atom is -0.482 e. The van der Waals surface area contributed by atoms with Gasteiger partial charge in [-0.3, -0.25) is 4.90 Å². The summed E-state index contributed by atoms with van der Waals surface area (Å²) >= 11 is 0. The van der Waals surface area contributed by atoms with Crippen LogP contribution in [0.2, 0.25) is 0 Å². The summed E-state index contributed by atoms with van der Waals surface area (Å²) in [5.41, 5.74) is 1.25. The van der Waals surface area contributed by atoms with E-state index in [-0.39, 0.29) is 25.0 Å². The first-order valence-electron chi connectivity index (χ1n) is 7.34. The molecule has 5 nitrogen and oxygen atoms in total. The highest BCUT2D eigenvalue weighted by atomic mass is 35.5. The van der Waals surface area contributed by atoms with Crippen molar-refractivity contribution < 1.29 is 14.3 Å². The van der Waals surface area contributed by atoms with Gasteiger partial charge in [0.2, 0.25) is 0 Å². The number of nitrogens with zero attached hydrogens (tertiary/aromatic N) is 1. The lowest BCUT2D eigenvalue weighted by Gasteiger charge is -2.37. The smallest absolute Gasteiger partial charge is 0.343 e. The average Bonchev–Trinajstić information content (AvgIpc) is 2.50. The molecule has 22 heavy (non-hydrogen) atoms. The van der Waals surface area contributed by atoms with Gasteiger partial charge in [0.25, 0.3) is 0 Å². The summed E-state index contributed by atoms with van der Waals surface area (Å²) in [5.74, 6) is 0.314. The third-order valence-electron chi connectivity index (χ3n) is 3.79. The SMILES string of the molecule is COC(=O)COc1ccc(CN2CC(C)NCC2C)cc1.Cl. The van der Waals surface area contributed by atoms with Crippen LogP contribution in [0.15, 0.2) is 24.3 Å². The fourth-order valence-corrected chi connectivity index (χ4v) is 2.44. The molecule has 6 heteroatoms. The average molecular weight is 329 g/mol. The Kier molecular flexibility index (Phi) is 7.65. The van der Waals surface area contributed by atoms with Crippen LogP contribution in [0.3, 0.4) is 0 Å². The Hall–Kier alpha value is -1.30. The molecule has 0 amide bonds. The summed E-state index contributed by atoms with van der Waals surface area (Å²) in [6, 6.07) is 8.96. The first-order valence-corrected chi connectivity index (χ1v) is 7.34. The van der Waals surface area contributed by atoms with Crippen molar-refractivity contribution in [2.45, 2.75) is 32.5 Å². The van der Waals surface area contributed by atoms with E-state index in [0.717, 1.165) is 19.6 Å². The second kappa shape index (κ2) is 8.98. The number of ether oxygens (including phenoxy) is 2. The molecule has 0 saturated carbocycles. The molecule has 1 N–H and O–H groups in total. The van der Waals surface area contributed by atoms with Crippen molar-refractivity contribution in [1.82, 2.24) is 10.2 Å². The van der Waals surface area contributed by atoms with Crippen molar-refractivity contribution >= 4 is 18.4 Å². The molecule has 1 fully saturated rings. The minimum absolute atomic E-state index is 0. The zero-order valence-corrected chi connectivity index (χ0v) is 14.2. The van der Waals surface area contributed by atoms with E-state index < -0.39 is 0 Å². The molecular weight excluding hydrogens is 304 g/mol. The van der Waals surface area contributed by atoms with Crippen LogP contribution in [-0.4, -0.2) is 49.8 Å². The molecule has 0 aromatic heterocycles. The minimum atomic E-state index is -0.372. The van der Waals surface area contributed by atoms with Crippen LogP contribution in [0.25, 0.3) is 0 Å². The van der Waals surface area contributed by atoms with E-state index in [1.54, 1.807) is 0 Å². The van der Waals surface area contributed by atoms with Crippen LogP contribution < -0.4 is 10.1 Å². The highest BCUT2D eigenvalue weighted by Gasteiger charge is 2.22. The highest BCUT2D eigenvalue weighted by Crippen LogP contribution is 2.16. The third kappa shape index (κ3) is 5.48. The molecule has 1 heterocycles. The maximum Gasteiger partial charge on any atom is 0.343 e. The molecular formula is C16H25ClN2O3. The summed E-state index contributed by atoms with van der Waals surface area (Å²) in [5, 5.41) is 3.48. The van der Waals surface area contributed by atoms with Crippen molar-refractivity contribution in [3.63, 3.8) is 0 Å². The van der Waals surface area contributed by atoms with E-state index in [9.17, 15) is 4.79 Å². The van der Waals surface area contributed by atoms with Gasteiger partial charge in [-0.25, -0.2) is 4.79 Å². The monoisotopic (exact) mass is 328 g/mol. The number of piperazine rings is 1. The predicted octanol–water partition coefficient (Wildman–Crippen LogP) is 1.84. The lowest BCUT2D eigenvalue weighted by atomic mass is 10.1. The van der Waals surface area contributed by atoms with Gasteiger partial charge in [0.05, 0.1) is 7.11 Å². The molecule has 0 bridgehead atoms. The lowest BCUT2D eigenvalue weighted by Crippen LogP contribution is -2.53. The Morgan fingerprint density at radius 3 is 2.64 bits per heavy atom. The first-order chi connectivity index (χ1) is 10.1. The Morgan fingerprint density at radius 1 is 1.32 bits per heavy atom. The van der Waals surface area contributed by atoms with E-state index in [2.05, 4.69) is 28.8 Å². The number of rotatable bonds is 5. The van der Waals surface area contributed by atoms with Gasteiger partial charge in [-0.15, -0.1) is 12.4 Å². The van der Waals surface area contributed by atoms with Crippen LogP contribution in [0.1, 0.15) is 19.4 Å². The highest BCUT2D eigenvalue weighted by molar-refractivity contribution is 5.85. The Bertz CT molecular complexity index is 467. The summed E-state index contributed by atoms with van der Waals surface area (Å²) in [4.78, 5) is 13.5. The summed E-state index contributed by atoms with van der Waals surface area (Å²) in [6.45, 7) is 7.42. The molecule has 1 saturated heterocycles. The number of hydrogen-bond acceptors (Lipinski definition) is 5. The topological polar surface area (TPSA) is 50.8 Å². The van der Waals surface area contributed by atoms with Gasteiger partial charge in [0.15, 0.2) is 6.61 Å². The van der Waals surface area contributed by atoms with Crippen LogP contribution >= 0.6 is 12.4 Å². The standard InChI is InChI=1S/C16H24N2O3.ClH/c1-12-9-18(13(2)8-17-12)10-14-4-6-15(7-5-14)21-11-16(19)20-3;/h4-7,12-13,17H,8-11H2,1-3H3;1H. The Balaban J connectivity index is 0.00000242. The predicted molar refractivity (Wildman–Crippen MR) is 88.5 cm³/mol. The molecule has 1 aromatic carbocycles. The molecule has 1 aliphatic heterocycles. The van der Waals surface area contributed by atoms with E-state index >= 15 is 0 Å². The molecule has 2 unspecified atom stereocenters. The van der Waals surface area contributed by atoms with E-state index in [4.69, 9.17) is 4.74 Å². The largest absolute Gasteiger partial charge is 0.482 e. The second-order valence-electron chi connectivity index (χ2n) is 5.60. The number of carbonyl (C=O) groups excluding carboxylic acids is 1. The fourth-order valence-electron chi connectivity index (χ4n) is 2.44. The normalized spacial score (nSPS) is 21.8. The Labute approximate surface area is 138 Å². The first kappa shape index (κ1) is 18.7. The lowest BCUT2D eigenvalue weighted by molar-refractivity contribution is -0.142. The number of halogens is 1. The number of nitrogens with one attached hydrogen (secondary N) is 1. The number of carbonyl (C=O) groups is 1. The Morgan fingerprint density at radius 2 is 2.00 bits per heavy atom. The number of benzene rings is 1. The van der Waals surface area contributed by atoms with Gasteiger partial charge in [-0.2, -0.15) is 0 Å². The summed E-state index contributed by atoms with van der Waals surface area (Å²) in [6.07, 6.45) is 0. The van der Waals surface area contributed by atoms with Crippen molar-refractivity contribution in [1.29, 1.82) is 0 Å². The van der Waals surface area contributed by atoms with Gasteiger partial charge in [0.1, 0.15) is 5.75 Å². The van der Waals surface area contributed by atoms with Crippen molar-refractivity contribution in [3.05, 3.63) is 29.8 Å². The maximum atomic E-state index is 11.0. The van der Waals surface area contributed by atoms with Crippen molar-refractivity contribution in [3.8, 4) is 5.75 Å². The molecule has 124 valence electrons. The molecule has 1 aromatic rings. The fraction of sp³-hybridized carbons (Fsp3) is 0.562. The molecule has 0 aliphatic carbocycles. The van der Waals surface area contributed by atoms with Gasteiger partial charge < -0.3 is 14.8 Å². The van der Waals surface area contributed by atoms with E-state index in [1.807, 2.05) is 24.3 Å². The maximum absolute atomic E-state index is 11.0. The molecule has 2 rings (SSSR count). The zero-order chi connectivity index (χ0) is 15.2. The van der Waals surface area contributed by atoms with Gasteiger partial charge in [-0.1, -0.05) is 12.1 Å². The quantitative estimate of drug-likeness (QED) is 0.836. The van der Waals surface area contributed by atoms with Crippen LogP contribution in [0.5, 0.6) is 5.75 Å². The second-order valence-corrected chi connectivity index (χ2v) is 5.60. The zero-order valence-electron chi connectivity index (χ0n) is 13.4. The van der Waals surface area contributed by atoms with Crippen molar-refractivity contribution in [2.75, 3.05) is 26.8 Å². The van der Waals surface area contributed by atoms with Gasteiger partial charge in [-0.05, 0) is 31.5 Å². The third-order valence-corrected chi connectivity index (χ3v) is 3.79.